The van der Waals surface area contributed by atoms with Crippen molar-refractivity contribution in [2.24, 2.45) is 10.7 Å². The van der Waals surface area contributed by atoms with Gasteiger partial charge in [0.2, 0.25) is 0 Å². The molecular formula is C17H26IN5O. The average molecular weight is 443 g/mol. The number of nitrogens with two attached hydrogens (primary N) is 1. The highest BCUT2D eigenvalue weighted by Gasteiger charge is 2.05. The van der Waals surface area contributed by atoms with E-state index in [-0.39, 0.29) is 24.0 Å². The van der Waals surface area contributed by atoms with Crippen LogP contribution in [0, 0.1) is 6.92 Å². The summed E-state index contributed by atoms with van der Waals surface area (Å²) in [5.74, 6) is 0.452. The largest absolute Gasteiger partial charge is 0.382 e. The SMILES string of the molecule is CCOCCCNC(N)=NCc1cn(-c2ccccc2)nc1C.I. The number of benzene rings is 1. The predicted molar refractivity (Wildman–Crippen MR) is 108 cm³/mol. The Morgan fingerprint density at radius 1 is 1.33 bits per heavy atom. The van der Waals surface area contributed by atoms with Crippen LogP contribution in [0.4, 0.5) is 0 Å². The molecule has 7 heteroatoms. The normalized spacial score (nSPS) is 11.2. The number of aromatic nitrogens is 2. The minimum atomic E-state index is 0. The van der Waals surface area contributed by atoms with Gasteiger partial charge in [-0.3, -0.25) is 0 Å². The molecule has 2 rings (SSSR count). The third-order valence-electron chi connectivity index (χ3n) is 3.42. The molecule has 0 aliphatic rings. The number of hydrogen-bond donors (Lipinski definition) is 2. The van der Waals surface area contributed by atoms with Gasteiger partial charge >= 0.3 is 0 Å². The lowest BCUT2D eigenvalue weighted by Crippen LogP contribution is -2.32. The second-order valence-corrected chi connectivity index (χ2v) is 5.20. The second-order valence-electron chi connectivity index (χ2n) is 5.20. The maximum atomic E-state index is 5.88. The van der Waals surface area contributed by atoms with E-state index in [1.165, 1.54) is 0 Å². The van der Waals surface area contributed by atoms with Crippen molar-refractivity contribution in [3.63, 3.8) is 0 Å². The lowest BCUT2D eigenvalue weighted by Gasteiger charge is -2.05. The van der Waals surface area contributed by atoms with Crippen LogP contribution in [0.15, 0.2) is 41.5 Å². The molecule has 132 valence electrons. The fraction of sp³-hybridized carbons (Fsp3) is 0.412. The fourth-order valence-electron chi connectivity index (χ4n) is 2.13. The van der Waals surface area contributed by atoms with Crippen molar-refractivity contribution < 1.29 is 4.74 Å². The minimum Gasteiger partial charge on any atom is -0.382 e. The second kappa shape index (κ2) is 11.0. The first-order valence-corrected chi connectivity index (χ1v) is 7.92. The van der Waals surface area contributed by atoms with Gasteiger partial charge in [-0.1, -0.05) is 18.2 Å². The Morgan fingerprint density at radius 3 is 2.79 bits per heavy atom. The van der Waals surface area contributed by atoms with Crippen LogP contribution in [0.2, 0.25) is 0 Å². The fourth-order valence-corrected chi connectivity index (χ4v) is 2.13. The lowest BCUT2D eigenvalue weighted by molar-refractivity contribution is 0.145. The van der Waals surface area contributed by atoms with Crippen molar-refractivity contribution in [3.8, 4) is 5.69 Å². The molecule has 0 saturated heterocycles. The smallest absolute Gasteiger partial charge is 0.188 e. The van der Waals surface area contributed by atoms with Crippen molar-refractivity contribution >= 4 is 29.9 Å². The number of para-hydroxylation sites is 1. The summed E-state index contributed by atoms with van der Waals surface area (Å²) < 4.78 is 7.14. The molecule has 0 radical (unpaired) electrons. The molecule has 0 aliphatic carbocycles. The molecule has 1 heterocycles. The number of aliphatic imine (C=N–C) groups is 1. The summed E-state index contributed by atoms with van der Waals surface area (Å²) >= 11 is 0. The molecule has 1 aromatic heterocycles. The summed E-state index contributed by atoms with van der Waals surface area (Å²) in [6, 6.07) is 10.0. The summed E-state index contributed by atoms with van der Waals surface area (Å²) in [6.07, 6.45) is 2.91. The number of aryl methyl sites for hydroxylation is 1. The van der Waals surface area contributed by atoms with E-state index in [0.717, 1.165) is 43.1 Å². The lowest BCUT2D eigenvalue weighted by atomic mass is 10.3. The highest BCUT2D eigenvalue weighted by Crippen LogP contribution is 2.12. The van der Waals surface area contributed by atoms with E-state index in [4.69, 9.17) is 10.5 Å². The highest BCUT2D eigenvalue weighted by atomic mass is 127. The number of rotatable bonds is 8. The van der Waals surface area contributed by atoms with Crippen molar-refractivity contribution in [1.82, 2.24) is 15.1 Å². The van der Waals surface area contributed by atoms with E-state index in [1.54, 1.807) is 0 Å². The van der Waals surface area contributed by atoms with Gasteiger partial charge in [0.1, 0.15) is 0 Å². The van der Waals surface area contributed by atoms with Crippen LogP contribution in [0.3, 0.4) is 0 Å². The Morgan fingerprint density at radius 2 is 2.08 bits per heavy atom. The molecule has 0 unspecified atom stereocenters. The van der Waals surface area contributed by atoms with Crippen LogP contribution in [-0.4, -0.2) is 35.5 Å². The van der Waals surface area contributed by atoms with Crippen LogP contribution >= 0.6 is 24.0 Å². The number of ether oxygens (including phenoxy) is 1. The molecule has 2 aromatic rings. The maximum absolute atomic E-state index is 5.88. The molecule has 0 amide bonds. The zero-order valence-corrected chi connectivity index (χ0v) is 16.6. The summed E-state index contributed by atoms with van der Waals surface area (Å²) in [5, 5.41) is 7.61. The summed E-state index contributed by atoms with van der Waals surface area (Å²) in [5.41, 5.74) is 8.93. The van der Waals surface area contributed by atoms with E-state index < -0.39 is 0 Å². The molecule has 0 spiro atoms. The summed E-state index contributed by atoms with van der Waals surface area (Å²) in [4.78, 5) is 4.37. The maximum Gasteiger partial charge on any atom is 0.188 e. The van der Waals surface area contributed by atoms with Crippen LogP contribution in [0.5, 0.6) is 0 Å². The first-order valence-electron chi connectivity index (χ1n) is 7.92. The Hall–Kier alpha value is -1.61. The monoisotopic (exact) mass is 443 g/mol. The van der Waals surface area contributed by atoms with Crippen molar-refractivity contribution in [2.45, 2.75) is 26.8 Å². The average Bonchev–Trinajstić information content (AvgIpc) is 2.94. The van der Waals surface area contributed by atoms with Gasteiger partial charge in [0, 0.05) is 31.5 Å². The zero-order valence-electron chi connectivity index (χ0n) is 14.2. The Bertz CT molecular complexity index is 627. The number of guanidine groups is 1. The van der Waals surface area contributed by atoms with Crippen molar-refractivity contribution in [3.05, 3.63) is 47.8 Å². The van der Waals surface area contributed by atoms with Gasteiger partial charge in [0.05, 0.1) is 17.9 Å². The number of nitrogens with one attached hydrogen (secondary N) is 1. The van der Waals surface area contributed by atoms with E-state index >= 15 is 0 Å². The highest BCUT2D eigenvalue weighted by molar-refractivity contribution is 14.0. The number of hydrogen-bond acceptors (Lipinski definition) is 3. The van der Waals surface area contributed by atoms with Gasteiger partial charge in [-0.25, -0.2) is 9.67 Å². The Balaban J connectivity index is 0.00000288. The molecule has 0 aliphatic heterocycles. The van der Waals surface area contributed by atoms with Crippen LogP contribution in [0.1, 0.15) is 24.6 Å². The molecule has 0 bridgehead atoms. The molecule has 6 nitrogen and oxygen atoms in total. The van der Waals surface area contributed by atoms with Gasteiger partial charge in [0.25, 0.3) is 0 Å². The molecule has 0 fully saturated rings. The van der Waals surface area contributed by atoms with Crippen molar-refractivity contribution in [1.29, 1.82) is 0 Å². The number of nitrogens with zero attached hydrogens (tertiary/aromatic N) is 3. The first kappa shape index (κ1) is 20.4. The zero-order chi connectivity index (χ0) is 16.5. The van der Waals surface area contributed by atoms with E-state index in [9.17, 15) is 0 Å². The summed E-state index contributed by atoms with van der Waals surface area (Å²) in [6.45, 7) is 6.73. The van der Waals surface area contributed by atoms with Gasteiger partial charge in [-0.05, 0) is 32.4 Å². The van der Waals surface area contributed by atoms with Crippen molar-refractivity contribution in [2.75, 3.05) is 19.8 Å². The van der Waals surface area contributed by atoms with Gasteiger partial charge in [-0.2, -0.15) is 5.10 Å². The molecule has 24 heavy (non-hydrogen) atoms. The van der Waals surface area contributed by atoms with Crippen LogP contribution < -0.4 is 11.1 Å². The standard InChI is InChI=1S/C17H25N5O.HI/c1-3-23-11-7-10-19-17(18)20-12-15-13-22(21-14(15)2)16-8-5-4-6-9-16;/h4-6,8-9,13H,3,7,10-12H2,1-2H3,(H3,18,19,20);1H. The molecule has 0 atom stereocenters. The quantitative estimate of drug-likeness (QED) is 0.285. The molecule has 1 aromatic carbocycles. The van der Waals surface area contributed by atoms with Gasteiger partial charge in [-0.15, -0.1) is 24.0 Å². The van der Waals surface area contributed by atoms with E-state index in [1.807, 2.05) is 55.1 Å². The Kier molecular flexibility index (Phi) is 9.39. The van der Waals surface area contributed by atoms with E-state index in [2.05, 4.69) is 15.4 Å². The molecule has 3 N–H and O–H groups in total. The molecular weight excluding hydrogens is 417 g/mol. The third-order valence-corrected chi connectivity index (χ3v) is 3.42. The third kappa shape index (κ3) is 6.48. The van der Waals surface area contributed by atoms with E-state index in [0.29, 0.717) is 12.5 Å². The van der Waals surface area contributed by atoms with Crippen LogP contribution in [-0.2, 0) is 11.3 Å². The van der Waals surface area contributed by atoms with Crippen LogP contribution in [0.25, 0.3) is 5.69 Å². The predicted octanol–water partition coefficient (Wildman–Crippen LogP) is 2.63. The minimum absolute atomic E-state index is 0. The number of halogens is 1. The first-order chi connectivity index (χ1) is 11.2. The Labute approximate surface area is 160 Å². The van der Waals surface area contributed by atoms with Gasteiger partial charge in [0.15, 0.2) is 5.96 Å². The summed E-state index contributed by atoms with van der Waals surface area (Å²) in [7, 11) is 0. The molecule has 0 saturated carbocycles. The topological polar surface area (TPSA) is 77.5 Å². The van der Waals surface area contributed by atoms with Gasteiger partial charge < -0.3 is 15.8 Å².